The second-order valence-electron chi connectivity index (χ2n) is 11.3. The van der Waals surface area contributed by atoms with E-state index in [0.29, 0.717) is 5.75 Å². The first-order valence-corrected chi connectivity index (χ1v) is 13.1. The molecule has 0 aromatic heterocycles. The first-order valence-electron chi connectivity index (χ1n) is 13.1. The summed E-state index contributed by atoms with van der Waals surface area (Å²) in [7, 11) is 0. The Morgan fingerprint density at radius 3 is 2.16 bits per heavy atom. The predicted molar refractivity (Wildman–Crippen MR) is 134 cm³/mol. The van der Waals surface area contributed by atoms with Gasteiger partial charge in [-0.05, 0) is 87.8 Å². The van der Waals surface area contributed by atoms with Crippen molar-refractivity contribution in [2.45, 2.75) is 132 Å². The largest absolute Gasteiger partial charge is 0.507 e. The van der Waals surface area contributed by atoms with E-state index in [1.54, 1.807) is 0 Å². The molecule has 1 aromatic carbocycles. The van der Waals surface area contributed by atoms with Crippen LogP contribution in [0, 0.1) is 38.5 Å². The maximum atomic E-state index is 10.4. The highest BCUT2D eigenvalue weighted by Gasteiger charge is 2.34. The normalized spacial score (nSPS) is 20.4. The third kappa shape index (κ3) is 7.16. The van der Waals surface area contributed by atoms with Crippen molar-refractivity contribution >= 4 is 0 Å². The van der Waals surface area contributed by atoms with Crippen LogP contribution in [0.5, 0.6) is 11.5 Å². The molecule has 1 aliphatic rings. The molecule has 3 atom stereocenters. The number of benzene rings is 1. The van der Waals surface area contributed by atoms with Crippen LogP contribution in [-0.4, -0.2) is 10.7 Å². The maximum Gasteiger partial charge on any atom is 0.127 e. The fourth-order valence-corrected chi connectivity index (χ4v) is 5.31. The number of phenolic OH excluding ortho intramolecular Hbond substituents is 1. The van der Waals surface area contributed by atoms with Crippen molar-refractivity contribution in [1.29, 1.82) is 0 Å². The Labute approximate surface area is 193 Å². The smallest absolute Gasteiger partial charge is 0.127 e. The van der Waals surface area contributed by atoms with Gasteiger partial charge >= 0.3 is 0 Å². The van der Waals surface area contributed by atoms with Gasteiger partial charge in [0.05, 0.1) is 0 Å². The zero-order valence-corrected chi connectivity index (χ0v) is 21.9. The summed E-state index contributed by atoms with van der Waals surface area (Å²) in [6.07, 6.45) is 14.0. The molecule has 0 bridgehead atoms. The van der Waals surface area contributed by atoms with E-state index in [1.165, 1.54) is 56.9 Å². The van der Waals surface area contributed by atoms with Crippen LogP contribution in [-0.2, 0) is 6.42 Å². The summed E-state index contributed by atoms with van der Waals surface area (Å²) in [5.74, 6) is 4.03. The molecule has 0 radical (unpaired) electrons. The predicted octanol–water partition coefficient (Wildman–Crippen LogP) is 8.84. The van der Waals surface area contributed by atoms with E-state index in [9.17, 15) is 5.11 Å². The molecular formula is C29H50O2. The molecule has 3 unspecified atom stereocenters. The molecule has 1 heterocycles. The Kier molecular flexibility index (Phi) is 9.77. The summed E-state index contributed by atoms with van der Waals surface area (Å²) in [4.78, 5) is 0. The fraction of sp³-hybridized carbons (Fsp3) is 0.793. The summed E-state index contributed by atoms with van der Waals surface area (Å²) in [5, 5.41) is 10.4. The lowest BCUT2D eigenvalue weighted by Gasteiger charge is -2.38. The lowest BCUT2D eigenvalue weighted by Crippen LogP contribution is -2.37. The summed E-state index contributed by atoms with van der Waals surface area (Å²) in [5.41, 5.74) is 4.23. The van der Waals surface area contributed by atoms with Gasteiger partial charge in [-0.3, -0.25) is 0 Å². The van der Waals surface area contributed by atoms with E-state index < -0.39 is 0 Å². The minimum Gasteiger partial charge on any atom is -0.507 e. The van der Waals surface area contributed by atoms with Crippen LogP contribution >= 0.6 is 0 Å². The lowest BCUT2D eigenvalue weighted by atomic mass is 9.82. The first kappa shape index (κ1) is 26.1. The molecule has 0 saturated heterocycles. The molecule has 31 heavy (non-hydrogen) atoms. The van der Waals surface area contributed by atoms with Crippen molar-refractivity contribution in [2.24, 2.45) is 17.8 Å². The first-order chi connectivity index (χ1) is 14.6. The van der Waals surface area contributed by atoms with Gasteiger partial charge in [0.2, 0.25) is 0 Å². The molecule has 2 nitrogen and oxygen atoms in total. The number of ether oxygens (including phenoxy) is 1. The number of fused-ring (bicyclic) bond motifs is 1. The Hall–Kier alpha value is -1.18. The topological polar surface area (TPSA) is 29.5 Å². The van der Waals surface area contributed by atoms with Crippen LogP contribution in [0.3, 0.4) is 0 Å². The van der Waals surface area contributed by atoms with Crippen molar-refractivity contribution in [1.82, 2.24) is 0 Å². The van der Waals surface area contributed by atoms with E-state index in [2.05, 4.69) is 41.5 Å². The molecule has 2 rings (SSSR count). The van der Waals surface area contributed by atoms with E-state index >= 15 is 0 Å². The zero-order valence-electron chi connectivity index (χ0n) is 21.9. The average Bonchev–Trinajstić information content (AvgIpc) is 2.72. The highest BCUT2D eigenvalue weighted by molar-refractivity contribution is 5.58. The van der Waals surface area contributed by atoms with E-state index in [-0.39, 0.29) is 5.60 Å². The van der Waals surface area contributed by atoms with Crippen molar-refractivity contribution in [3.63, 3.8) is 0 Å². The minimum atomic E-state index is -0.0782. The van der Waals surface area contributed by atoms with Gasteiger partial charge < -0.3 is 9.84 Å². The van der Waals surface area contributed by atoms with Gasteiger partial charge in [-0.15, -0.1) is 0 Å². The molecule has 0 fully saturated rings. The molecule has 0 saturated carbocycles. The van der Waals surface area contributed by atoms with Gasteiger partial charge in [-0.25, -0.2) is 0 Å². The lowest BCUT2D eigenvalue weighted by molar-refractivity contribution is 0.0474. The molecule has 0 spiro atoms. The van der Waals surface area contributed by atoms with Gasteiger partial charge in [-0.2, -0.15) is 0 Å². The molecule has 1 aliphatic heterocycles. The Balaban J connectivity index is 1.85. The Morgan fingerprint density at radius 2 is 1.55 bits per heavy atom. The van der Waals surface area contributed by atoms with Gasteiger partial charge in [0, 0.05) is 5.56 Å². The SMILES string of the molecule is CCC(CCCC(C)CCCC(C)C)CCC1(C)CCc2c(C)c(O)c(C)c(C)c2O1. The van der Waals surface area contributed by atoms with E-state index in [0.717, 1.165) is 59.5 Å². The van der Waals surface area contributed by atoms with Crippen molar-refractivity contribution in [3.8, 4) is 11.5 Å². The van der Waals surface area contributed by atoms with Crippen LogP contribution in [0.4, 0.5) is 0 Å². The summed E-state index contributed by atoms with van der Waals surface area (Å²) in [6, 6.07) is 0. The minimum absolute atomic E-state index is 0.0782. The third-order valence-corrected chi connectivity index (χ3v) is 8.04. The Bertz CT molecular complexity index is 705. The quantitative estimate of drug-likeness (QED) is 0.359. The molecule has 178 valence electrons. The number of rotatable bonds is 12. The van der Waals surface area contributed by atoms with Crippen molar-refractivity contribution in [3.05, 3.63) is 22.3 Å². The van der Waals surface area contributed by atoms with Gasteiger partial charge in [0.15, 0.2) is 0 Å². The van der Waals surface area contributed by atoms with Gasteiger partial charge in [0.1, 0.15) is 17.1 Å². The number of aromatic hydroxyl groups is 1. The standard InChI is InChI=1S/C29H50O2/c1-9-25(15-11-14-21(4)13-10-12-20(2)3)16-18-29(8)19-17-26-24(7)27(30)22(5)23(6)28(26)31-29/h20-21,25,30H,9-19H2,1-8H3. The molecule has 0 amide bonds. The fourth-order valence-electron chi connectivity index (χ4n) is 5.31. The van der Waals surface area contributed by atoms with Crippen LogP contribution in [0.15, 0.2) is 0 Å². The Morgan fingerprint density at radius 1 is 0.903 bits per heavy atom. The number of phenols is 1. The van der Waals surface area contributed by atoms with Crippen LogP contribution < -0.4 is 4.74 Å². The van der Waals surface area contributed by atoms with Crippen molar-refractivity contribution in [2.75, 3.05) is 0 Å². The summed E-state index contributed by atoms with van der Waals surface area (Å²) >= 11 is 0. The van der Waals surface area contributed by atoms with Crippen molar-refractivity contribution < 1.29 is 9.84 Å². The van der Waals surface area contributed by atoms with Crippen LogP contribution in [0.25, 0.3) is 0 Å². The second kappa shape index (κ2) is 11.6. The monoisotopic (exact) mass is 430 g/mol. The zero-order chi connectivity index (χ0) is 23.2. The van der Waals surface area contributed by atoms with E-state index in [4.69, 9.17) is 4.74 Å². The molecule has 1 aromatic rings. The maximum absolute atomic E-state index is 10.4. The van der Waals surface area contributed by atoms with Crippen LogP contribution in [0.1, 0.15) is 121 Å². The number of hydrogen-bond acceptors (Lipinski definition) is 2. The average molecular weight is 431 g/mol. The highest BCUT2D eigenvalue weighted by Crippen LogP contribution is 2.44. The van der Waals surface area contributed by atoms with Gasteiger partial charge in [-0.1, -0.05) is 72.6 Å². The summed E-state index contributed by atoms with van der Waals surface area (Å²) in [6.45, 7) is 17.9. The molecule has 0 aliphatic carbocycles. The molecule has 1 N–H and O–H groups in total. The number of hydrogen-bond donors (Lipinski definition) is 1. The van der Waals surface area contributed by atoms with Crippen LogP contribution in [0.2, 0.25) is 0 Å². The molecular weight excluding hydrogens is 380 g/mol. The van der Waals surface area contributed by atoms with E-state index in [1.807, 2.05) is 13.8 Å². The highest BCUT2D eigenvalue weighted by atomic mass is 16.5. The second-order valence-corrected chi connectivity index (χ2v) is 11.3. The summed E-state index contributed by atoms with van der Waals surface area (Å²) < 4.78 is 6.66. The third-order valence-electron chi connectivity index (χ3n) is 8.04. The molecule has 2 heteroatoms. The van der Waals surface area contributed by atoms with Gasteiger partial charge in [0.25, 0.3) is 0 Å².